The van der Waals surface area contributed by atoms with Gasteiger partial charge in [0.25, 0.3) is 5.69 Å². The van der Waals surface area contributed by atoms with Crippen LogP contribution >= 0.6 is 22.6 Å². The average Bonchev–Trinajstić information content (AvgIpc) is 2.02. The molecule has 0 amide bonds. The second kappa shape index (κ2) is 3.86. The summed E-state index contributed by atoms with van der Waals surface area (Å²) in [5.41, 5.74) is -0.322. The average molecular weight is 296 g/mol. The minimum atomic E-state index is -0.614. The second-order valence-electron chi connectivity index (χ2n) is 2.29. The number of nitro benzene ring substituents is 1. The summed E-state index contributed by atoms with van der Waals surface area (Å²) in [4.78, 5) is 9.87. The van der Waals surface area contributed by atoms with Crippen LogP contribution in [0.2, 0.25) is 0 Å². The lowest BCUT2D eigenvalue weighted by atomic mass is 10.2. The molecule has 13 heavy (non-hydrogen) atoms. The van der Waals surface area contributed by atoms with Gasteiger partial charge in [0, 0.05) is 16.7 Å². The fourth-order valence-corrected chi connectivity index (χ4v) is 1.52. The summed E-state index contributed by atoms with van der Waals surface area (Å²) in [5, 5.41) is 12.9. The van der Waals surface area contributed by atoms with Crippen LogP contribution in [0.4, 0.5) is 15.8 Å². The molecule has 0 aliphatic heterocycles. The van der Waals surface area contributed by atoms with E-state index in [9.17, 15) is 14.5 Å². The van der Waals surface area contributed by atoms with Crippen LogP contribution in [0, 0.1) is 19.5 Å². The van der Waals surface area contributed by atoms with Gasteiger partial charge in [0.1, 0.15) is 5.69 Å². The second-order valence-corrected chi connectivity index (χ2v) is 3.53. The van der Waals surface area contributed by atoms with Gasteiger partial charge in [-0.2, -0.15) is 0 Å². The zero-order valence-corrected chi connectivity index (χ0v) is 8.83. The number of anilines is 1. The van der Waals surface area contributed by atoms with Crippen molar-refractivity contribution >= 4 is 34.0 Å². The van der Waals surface area contributed by atoms with E-state index in [1.165, 1.54) is 19.2 Å². The zero-order chi connectivity index (χ0) is 10.0. The van der Waals surface area contributed by atoms with E-state index < -0.39 is 10.7 Å². The van der Waals surface area contributed by atoms with E-state index in [1.54, 1.807) is 0 Å². The van der Waals surface area contributed by atoms with Crippen molar-refractivity contribution in [3.8, 4) is 0 Å². The highest BCUT2D eigenvalue weighted by Crippen LogP contribution is 2.28. The van der Waals surface area contributed by atoms with Crippen LogP contribution in [0.25, 0.3) is 0 Å². The van der Waals surface area contributed by atoms with E-state index in [0.717, 1.165) is 0 Å². The van der Waals surface area contributed by atoms with E-state index in [0.29, 0.717) is 3.57 Å². The van der Waals surface area contributed by atoms with Crippen molar-refractivity contribution < 1.29 is 9.31 Å². The fraction of sp³-hybridized carbons (Fsp3) is 0.143. The van der Waals surface area contributed by atoms with Gasteiger partial charge in [0.15, 0.2) is 5.82 Å². The molecule has 0 fully saturated rings. The van der Waals surface area contributed by atoms with Crippen LogP contribution in [-0.2, 0) is 0 Å². The number of nitrogens with one attached hydrogen (secondary N) is 1. The largest absolute Gasteiger partial charge is 0.380 e. The molecule has 0 atom stereocenters. The number of nitro groups is 1. The molecule has 6 heteroatoms. The molecule has 4 nitrogen and oxygen atoms in total. The maximum absolute atomic E-state index is 13.1. The third kappa shape index (κ3) is 2.06. The Morgan fingerprint density at radius 2 is 2.23 bits per heavy atom. The van der Waals surface area contributed by atoms with Crippen LogP contribution in [-0.4, -0.2) is 12.0 Å². The highest BCUT2D eigenvalue weighted by Gasteiger charge is 2.17. The van der Waals surface area contributed by atoms with Crippen LogP contribution in [0.1, 0.15) is 0 Å². The SMILES string of the molecule is CNc1c(F)cc(I)cc1[N+](=O)[O-]. The van der Waals surface area contributed by atoms with Crippen molar-refractivity contribution in [3.05, 3.63) is 31.6 Å². The molecule has 0 aliphatic rings. The molecule has 0 unspecified atom stereocenters. The lowest BCUT2D eigenvalue weighted by Gasteiger charge is -2.03. The molecule has 70 valence electrons. The summed E-state index contributed by atoms with van der Waals surface area (Å²) in [6, 6.07) is 2.55. The normalized spacial score (nSPS) is 9.77. The van der Waals surface area contributed by atoms with Crippen molar-refractivity contribution in [1.29, 1.82) is 0 Å². The Kier molecular flexibility index (Phi) is 3.02. The summed E-state index contributed by atoms with van der Waals surface area (Å²) in [6.07, 6.45) is 0. The molecule has 1 aromatic rings. The summed E-state index contributed by atoms with van der Waals surface area (Å²) in [5.74, 6) is -0.610. The van der Waals surface area contributed by atoms with Crippen LogP contribution < -0.4 is 5.32 Å². The smallest absolute Gasteiger partial charge is 0.296 e. The molecule has 0 saturated carbocycles. The van der Waals surface area contributed by atoms with Gasteiger partial charge < -0.3 is 5.32 Å². The lowest BCUT2D eigenvalue weighted by molar-refractivity contribution is -0.384. The van der Waals surface area contributed by atoms with E-state index in [-0.39, 0.29) is 11.4 Å². The highest BCUT2D eigenvalue weighted by molar-refractivity contribution is 14.1. The molecule has 1 rings (SSSR count). The highest BCUT2D eigenvalue weighted by atomic mass is 127. The molecule has 0 spiro atoms. The first-order valence-electron chi connectivity index (χ1n) is 3.37. The fourth-order valence-electron chi connectivity index (χ4n) is 0.951. The minimum Gasteiger partial charge on any atom is -0.380 e. The third-order valence-electron chi connectivity index (χ3n) is 1.48. The predicted octanol–water partition coefficient (Wildman–Crippen LogP) is 2.38. The minimum absolute atomic E-state index is 0.0783. The molecule has 0 saturated heterocycles. The van der Waals surface area contributed by atoms with Gasteiger partial charge in [-0.05, 0) is 28.7 Å². The Balaban J connectivity index is 3.38. The number of nitrogens with zero attached hydrogens (tertiary/aromatic N) is 1. The quantitative estimate of drug-likeness (QED) is 0.518. The maximum Gasteiger partial charge on any atom is 0.296 e. The maximum atomic E-state index is 13.1. The number of hydrogen-bond acceptors (Lipinski definition) is 3. The first-order chi connectivity index (χ1) is 6.06. The molecule has 0 aliphatic carbocycles. The van der Waals surface area contributed by atoms with Gasteiger partial charge in [0.05, 0.1) is 4.92 Å². The predicted molar refractivity (Wildman–Crippen MR) is 55.3 cm³/mol. The Bertz CT molecular complexity index is 357. The Morgan fingerprint density at radius 3 is 2.69 bits per heavy atom. The molecule has 0 aromatic heterocycles. The van der Waals surface area contributed by atoms with Gasteiger partial charge in [-0.1, -0.05) is 0 Å². The van der Waals surface area contributed by atoms with E-state index in [2.05, 4.69) is 5.32 Å². The van der Waals surface area contributed by atoms with Gasteiger partial charge >= 0.3 is 0 Å². The number of rotatable bonds is 2. The van der Waals surface area contributed by atoms with Crippen molar-refractivity contribution in [3.63, 3.8) is 0 Å². The van der Waals surface area contributed by atoms with Crippen molar-refractivity contribution in [1.82, 2.24) is 0 Å². The van der Waals surface area contributed by atoms with Crippen molar-refractivity contribution in [2.75, 3.05) is 12.4 Å². The number of benzene rings is 1. The molecular formula is C7H6FIN2O2. The number of hydrogen-bond donors (Lipinski definition) is 1. The van der Waals surface area contributed by atoms with E-state index in [1.807, 2.05) is 22.6 Å². The topological polar surface area (TPSA) is 55.2 Å². The molecule has 0 heterocycles. The van der Waals surface area contributed by atoms with Crippen molar-refractivity contribution in [2.24, 2.45) is 0 Å². The number of halogens is 2. The summed E-state index contributed by atoms with van der Waals surface area (Å²) >= 11 is 1.83. The first-order valence-corrected chi connectivity index (χ1v) is 4.45. The summed E-state index contributed by atoms with van der Waals surface area (Å²) in [6.45, 7) is 0. The van der Waals surface area contributed by atoms with E-state index in [4.69, 9.17) is 0 Å². The van der Waals surface area contributed by atoms with Gasteiger partial charge in [-0.25, -0.2) is 4.39 Å². The lowest BCUT2D eigenvalue weighted by Crippen LogP contribution is -2.00. The first kappa shape index (κ1) is 10.2. The Morgan fingerprint density at radius 1 is 1.62 bits per heavy atom. The monoisotopic (exact) mass is 296 g/mol. The molecule has 1 aromatic carbocycles. The molecular weight excluding hydrogens is 290 g/mol. The van der Waals surface area contributed by atoms with Crippen LogP contribution in [0.3, 0.4) is 0 Å². The summed E-state index contributed by atoms with van der Waals surface area (Å²) < 4.78 is 13.6. The van der Waals surface area contributed by atoms with Gasteiger partial charge in [0.2, 0.25) is 0 Å². The van der Waals surface area contributed by atoms with E-state index >= 15 is 0 Å². The Labute approximate surface area is 87.4 Å². The molecule has 0 bridgehead atoms. The molecule has 1 N–H and O–H groups in total. The van der Waals surface area contributed by atoms with Gasteiger partial charge in [-0.15, -0.1) is 0 Å². The zero-order valence-electron chi connectivity index (χ0n) is 6.67. The summed E-state index contributed by atoms with van der Waals surface area (Å²) in [7, 11) is 1.44. The van der Waals surface area contributed by atoms with Crippen LogP contribution in [0.5, 0.6) is 0 Å². The van der Waals surface area contributed by atoms with Crippen LogP contribution in [0.15, 0.2) is 12.1 Å². The Hall–Kier alpha value is -0.920. The molecule has 0 radical (unpaired) electrons. The van der Waals surface area contributed by atoms with Gasteiger partial charge in [-0.3, -0.25) is 10.1 Å². The standard InChI is InChI=1S/C7H6FIN2O2/c1-10-7-5(8)2-4(9)3-6(7)11(12)13/h2-3,10H,1H3. The third-order valence-corrected chi connectivity index (χ3v) is 2.10. The van der Waals surface area contributed by atoms with Crippen molar-refractivity contribution in [2.45, 2.75) is 0 Å².